The second kappa shape index (κ2) is 5.31. The summed E-state index contributed by atoms with van der Waals surface area (Å²) in [5.74, 6) is -3.92. The average molecular weight is 396 g/mol. The highest BCUT2D eigenvalue weighted by Crippen LogP contribution is 2.61. The normalized spacial score (nSPS) is 39.4. The number of halogens is 3. The van der Waals surface area contributed by atoms with Gasteiger partial charge in [0.05, 0.1) is 34.7 Å². The molecular formula is C18H15F3N2O5. The topological polar surface area (TPSA) is 111 Å². The number of carbonyl (C=O) groups excluding carboxylic acids is 2. The molecule has 1 aromatic rings. The maximum absolute atomic E-state index is 13.3. The summed E-state index contributed by atoms with van der Waals surface area (Å²) >= 11 is 0. The van der Waals surface area contributed by atoms with Gasteiger partial charge in [-0.05, 0) is 32.0 Å². The Morgan fingerprint density at radius 3 is 2.04 bits per heavy atom. The molecule has 6 atom stereocenters. The molecule has 2 bridgehead atoms. The number of rotatable bonds is 1. The Bertz CT molecular complexity index is 920. The molecule has 2 amide bonds. The zero-order valence-electron chi connectivity index (χ0n) is 14.7. The molecular weight excluding hydrogens is 381 g/mol. The molecule has 0 radical (unpaired) electrons. The highest BCUT2D eigenvalue weighted by molar-refractivity contribution is 6.23. The molecule has 3 heterocycles. The van der Waals surface area contributed by atoms with Crippen LogP contribution in [-0.2, 0) is 20.5 Å². The lowest BCUT2D eigenvalue weighted by Gasteiger charge is -2.35. The molecule has 2 N–H and O–H groups in total. The molecule has 148 valence electrons. The lowest BCUT2D eigenvalue weighted by molar-refractivity contribution is -0.138. The number of aliphatic hydroxyl groups excluding tert-OH is 2. The molecule has 3 aliphatic rings. The predicted octanol–water partition coefficient (Wildman–Crippen LogP) is 0.966. The van der Waals surface area contributed by atoms with Gasteiger partial charge in [0.25, 0.3) is 0 Å². The molecule has 0 spiro atoms. The van der Waals surface area contributed by atoms with E-state index in [1.54, 1.807) is 0 Å². The summed E-state index contributed by atoms with van der Waals surface area (Å²) in [6.07, 6.45) is -7.71. The van der Waals surface area contributed by atoms with E-state index in [2.05, 4.69) is 0 Å². The van der Waals surface area contributed by atoms with Crippen molar-refractivity contribution in [2.24, 2.45) is 11.8 Å². The lowest BCUT2D eigenvalue weighted by atomic mass is 9.66. The van der Waals surface area contributed by atoms with Gasteiger partial charge in [-0.2, -0.15) is 18.4 Å². The molecule has 0 aliphatic carbocycles. The van der Waals surface area contributed by atoms with E-state index < -0.39 is 64.4 Å². The van der Waals surface area contributed by atoms with Crippen molar-refractivity contribution in [1.29, 1.82) is 5.26 Å². The van der Waals surface area contributed by atoms with Crippen LogP contribution in [0.25, 0.3) is 0 Å². The van der Waals surface area contributed by atoms with Gasteiger partial charge in [0.2, 0.25) is 11.8 Å². The second-order valence-electron chi connectivity index (χ2n) is 7.67. The minimum Gasteiger partial charge on any atom is -0.387 e. The van der Waals surface area contributed by atoms with E-state index in [1.807, 2.05) is 0 Å². The Kier molecular flexibility index (Phi) is 3.58. The van der Waals surface area contributed by atoms with E-state index in [1.165, 1.54) is 19.9 Å². The van der Waals surface area contributed by atoms with Gasteiger partial charge in [-0.1, -0.05) is 0 Å². The molecule has 1 aromatic carbocycles. The van der Waals surface area contributed by atoms with Crippen molar-refractivity contribution >= 4 is 17.5 Å². The predicted molar refractivity (Wildman–Crippen MR) is 85.5 cm³/mol. The highest BCUT2D eigenvalue weighted by atomic mass is 19.4. The first-order valence-corrected chi connectivity index (χ1v) is 8.43. The first-order valence-electron chi connectivity index (χ1n) is 8.43. The second-order valence-corrected chi connectivity index (χ2v) is 7.67. The first kappa shape index (κ1) is 18.9. The molecule has 0 aromatic heterocycles. The summed E-state index contributed by atoms with van der Waals surface area (Å²) in [6.45, 7) is 2.79. The number of nitriles is 1. The van der Waals surface area contributed by atoms with Crippen LogP contribution in [-0.4, -0.2) is 45.4 Å². The summed E-state index contributed by atoms with van der Waals surface area (Å²) in [4.78, 5) is 26.6. The van der Waals surface area contributed by atoms with Gasteiger partial charge in [0.15, 0.2) is 0 Å². The fourth-order valence-electron chi connectivity index (χ4n) is 4.80. The molecule has 0 unspecified atom stereocenters. The van der Waals surface area contributed by atoms with Crippen LogP contribution in [0.15, 0.2) is 18.2 Å². The van der Waals surface area contributed by atoms with Crippen LogP contribution in [0.2, 0.25) is 0 Å². The number of aliphatic hydroxyl groups is 2. The van der Waals surface area contributed by atoms with Crippen molar-refractivity contribution in [2.45, 2.75) is 43.4 Å². The first-order chi connectivity index (χ1) is 12.9. The number of hydrogen-bond acceptors (Lipinski definition) is 6. The van der Waals surface area contributed by atoms with Gasteiger partial charge < -0.3 is 14.9 Å². The standard InChI is InChI=1S/C18H15F3N2O5/c1-16-10-11(17(2,28-16)13(25)12(16)24)15(27)23(14(10)26)8-4-3-7(6-22)9(5-8)18(19,20)21/h3-5,10-13,24-25H,1-2H3/t10-,11-,12+,13+,16-,17+/m1/s1. The number of alkyl halides is 3. The van der Waals surface area contributed by atoms with Crippen molar-refractivity contribution in [2.75, 3.05) is 4.90 Å². The third-order valence-electron chi connectivity index (χ3n) is 6.14. The molecule has 3 aliphatic heterocycles. The largest absolute Gasteiger partial charge is 0.417 e. The van der Waals surface area contributed by atoms with Crippen molar-refractivity contribution in [3.63, 3.8) is 0 Å². The van der Waals surface area contributed by atoms with E-state index >= 15 is 0 Å². The smallest absolute Gasteiger partial charge is 0.387 e. The zero-order chi connectivity index (χ0) is 20.8. The van der Waals surface area contributed by atoms with E-state index in [-0.39, 0.29) is 5.69 Å². The molecule has 7 nitrogen and oxygen atoms in total. The maximum atomic E-state index is 13.3. The van der Waals surface area contributed by atoms with Gasteiger partial charge >= 0.3 is 6.18 Å². The van der Waals surface area contributed by atoms with Gasteiger partial charge in [-0.25, -0.2) is 4.90 Å². The van der Waals surface area contributed by atoms with Gasteiger partial charge in [0, 0.05) is 0 Å². The molecule has 3 fully saturated rings. The minimum atomic E-state index is -4.85. The zero-order valence-corrected chi connectivity index (χ0v) is 14.7. The van der Waals surface area contributed by atoms with Crippen LogP contribution in [0.4, 0.5) is 18.9 Å². The van der Waals surface area contributed by atoms with Gasteiger partial charge in [-0.3, -0.25) is 9.59 Å². The Labute approximate surface area is 156 Å². The van der Waals surface area contributed by atoms with E-state index in [9.17, 15) is 33.0 Å². The average Bonchev–Trinajstić information content (AvgIpc) is 3.10. The lowest BCUT2D eigenvalue weighted by Crippen LogP contribution is -2.57. The van der Waals surface area contributed by atoms with Crippen molar-refractivity contribution in [3.05, 3.63) is 29.3 Å². The molecule has 10 heteroatoms. The summed E-state index contributed by atoms with van der Waals surface area (Å²) in [5.41, 5.74) is -5.31. The number of benzene rings is 1. The number of nitrogens with zero attached hydrogens (tertiary/aromatic N) is 2. The molecule has 3 saturated heterocycles. The SMILES string of the molecule is C[C@]12O[C@](C)([C@@H](O)[C@@H]1O)[C@H]1C(=O)N(c3ccc(C#N)c(C(F)(F)F)c3)C(=O)[C@@H]12. The van der Waals surface area contributed by atoms with Crippen LogP contribution >= 0.6 is 0 Å². The number of imide groups is 1. The Hall–Kier alpha value is -2.48. The number of amides is 2. The van der Waals surface area contributed by atoms with Crippen LogP contribution < -0.4 is 4.90 Å². The van der Waals surface area contributed by atoms with Crippen LogP contribution in [0.5, 0.6) is 0 Å². The fourth-order valence-corrected chi connectivity index (χ4v) is 4.80. The minimum absolute atomic E-state index is 0.327. The Morgan fingerprint density at radius 2 is 1.61 bits per heavy atom. The van der Waals surface area contributed by atoms with Crippen LogP contribution in [0.1, 0.15) is 25.0 Å². The summed E-state index contributed by atoms with van der Waals surface area (Å²) < 4.78 is 45.5. The van der Waals surface area contributed by atoms with Crippen LogP contribution in [0.3, 0.4) is 0 Å². The van der Waals surface area contributed by atoms with Crippen molar-refractivity contribution < 1.29 is 37.7 Å². The third-order valence-corrected chi connectivity index (χ3v) is 6.14. The van der Waals surface area contributed by atoms with Crippen molar-refractivity contribution in [3.8, 4) is 6.07 Å². The number of carbonyl (C=O) groups is 2. The summed E-state index contributed by atoms with van der Waals surface area (Å²) in [7, 11) is 0. The van der Waals surface area contributed by atoms with Gasteiger partial charge in [0.1, 0.15) is 23.4 Å². The third kappa shape index (κ3) is 2.04. The van der Waals surface area contributed by atoms with Crippen molar-refractivity contribution in [1.82, 2.24) is 0 Å². The summed E-state index contributed by atoms with van der Waals surface area (Å²) in [5, 5.41) is 29.5. The van der Waals surface area contributed by atoms with E-state index in [0.29, 0.717) is 11.0 Å². The number of fused-ring (bicyclic) bond motifs is 5. The van der Waals surface area contributed by atoms with Gasteiger partial charge in [-0.15, -0.1) is 0 Å². The Balaban J connectivity index is 1.82. The molecule has 28 heavy (non-hydrogen) atoms. The fraction of sp³-hybridized carbons (Fsp3) is 0.500. The summed E-state index contributed by atoms with van der Waals surface area (Å²) in [6, 6.07) is 4.00. The Morgan fingerprint density at radius 1 is 1.11 bits per heavy atom. The highest BCUT2D eigenvalue weighted by Gasteiger charge is 2.79. The van der Waals surface area contributed by atoms with Crippen LogP contribution in [0, 0.1) is 23.2 Å². The number of ether oxygens (including phenoxy) is 1. The monoisotopic (exact) mass is 396 g/mol. The molecule has 0 saturated carbocycles. The van der Waals surface area contributed by atoms with E-state index in [4.69, 9.17) is 10.00 Å². The number of anilines is 1. The maximum Gasteiger partial charge on any atom is 0.417 e. The number of hydrogen-bond donors (Lipinski definition) is 2. The van der Waals surface area contributed by atoms with E-state index in [0.717, 1.165) is 12.1 Å². The quantitative estimate of drug-likeness (QED) is 0.685. The molecule has 4 rings (SSSR count).